The zero-order valence-corrected chi connectivity index (χ0v) is 36.0. The van der Waals surface area contributed by atoms with E-state index < -0.39 is 32.1 Å². The monoisotopic (exact) mass is 871 g/mol. The molecule has 0 saturated carbocycles. The number of hydrogen-bond donors (Lipinski definition) is 4. The summed E-state index contributed by atoms with van der Waals surface area (Å²) < 4.78 is 56.9. The molecule has 57 heavy (non-hydrogen) atoms. The molecule has 0 spiro atoms. The van der Waals surface area contributed by atoms with Crippen LogP contribution < -0.4 is 11.7 Å². The number of aromatic amines is 1. The van der Waals surface area contributed by atoms with Crippen molar-refractivity contribution in [1.82, 2.24) is 23.7 Å². The molecule has 3 saturated heterocycles. The van der Waals surface area contributed by atoms with Crippen LogP contribution in [0.3, 0.4) is 0 Å². The van der Waals surface area contributed by atoms with E-state index in [9.17, 15) is 21.6 Å². The average molecular weight is 873 g/mol. The Hall–Kier alpha value is -3.39. The second kappa shape index (κ2) is 20.5. The molecule has 1 aromatic heterocycles. The highest BCUT2D eigenvalue weighted by Crippen LogP contribution is 2.50. The van der Waals surface area contributed by atoms with Gasteiger partial charge in [0, 0.05) is 78.0 Å². The number of carboxylic acid groups (broad SMARTS) is 1. The standard InChI is InChI=1S/C19H25ClN2O3S.C17H20ClN3O2S.C2H4O2.H4N2.H2O/c1-4-15-17-6-5-7-18(16(19(15)23)12-21(2)3)22(17)26(24,25)14-10-8-13(20)9-11-14;1-2-13-15-4-3-5-16(14-10-19-20-17(13)14)21(15)24(22,23)12-8-6-11(18)7-9-12;1-2(3)4;1-2;/h8-12,15,17-18H,4-7H2,1-3H3;6-10,13,15-16H,2-5H2,1H3,(H,19,20);1H3,(H,3,4);1-2H2;1H2/b16-12-;;;;. The maximum absolute atomic E-state index is 13.4. The molecular weight excluding hydrogens is 817 g/mol. The lowest BCUT2D eigenvalue weighted by Crippen LogP contribution is -2.60. The second-order valence-electron chi connectivity index (χ2n) is 14.3. The number of carbonyl (C=O) groups excluding carboxylic acids is 1. The van der Waals surface area contributed by atoms with Crippen molar-refractivity contribution in [3.05, 3.63) is 87.8 Å². The molecule has 3 aromatic rings. The number of aromatic nitrogens is 2. The highest BCUT2D eigenvalue weighted by molar-refractivity contribution is 7.89. The van der Waals surface area contributed by atoms with Gasteiger partial charge in [-0.25, -0.2) is 16.8 Å². The van der Waals surface area contributed by atoms with Crippen LogP contribution >= 0.6 is 23.2 Å². The Bertz CT molecular complexity index is 2060. The number of nitrogens with one attached hydrogen (secondary N) is 1. The van der Waals surface area contributed by atoms with Crippen LogP contribution in [0.15, 0.2) is 76.3 Å². The number of benzene rings is 2. The lowest BCUT2D eigenvalue weighted by Gasteiger charge is -2.49. The third-order valence-corrected chi connectivity index (χ3v) is 15.0. The minimum Gasteiger partial charge on any atom is -0.481 e. The molecule has 0 radical (unpaired) electrons. The van der Waals surface area contributed by atoms with Crippen molar-refractivity contribution >= 4 is 55.0 Å². The SMILES string of the molecule is CC(=O)O.CCC1C(=O)/C(=C\N(C)C)C2CCCC1N2S(=O)(=O)c1ccc(Cl)cc1.CCC1c2[nH]ncc2C2CCCC1N2S(=O)(=O)c1ccc(Cl)cc1.NN.O. The number of ketones is 1. The number of hydrazine groups is 1. The fourth-order valence-corrected chi connectivity index (χ4v) is 12.5. The zero-order valence-electron chi connectivity index (χ0n) is 32.8. The van der Waals surface area contributed by atoms with Crippen LogP contribution in [-0.4, -0.2) is 95.1 Å². The Labute approximate surface area is 345 Å². The van der Waals surface area contributed by atoms with E-state index in [0.717, 1.165) is 56.7 Å². The van der Waals surface area contributed by atoms with Gasteiger partial charge in [-0.15, -0.1) is 0 Å². The molecule has 8 N–H and O–H groups in total. The predicted octanol–water partition coefficient (Wildman–Crippen LogP) is 5.25. The molecule has 3 fully saturated rings. The summed E-state index contributed by atoms with van der Waals surface area (Å²) in [5, 5.41) is 15.8. The van der Waals surface area contributed by atoms with E-state index in [4.69, 9.17) is 33.1 Å². The first-order chi connectivity index (χ1) is 26.5. The molecule has 0 amide bonds. The summed E-state index contributed by atoms with van der Waals surface area (Å²) in [6.07, 6.45) is 10.2. The number of hydrogen-bond acceptors (Lipinski definition) is 10. The molecule has 5 heterocycles. The molecule has 6 unspecified atom stereocenters. The van der Waals surface area contributed by atoms with E-state index in [1.54, 1.807) is 69.5 Å². The van der Waals surface area contributed by atoms with Crippen molar-refractivity contribution in [2.45, 2.75) is 112 Å². The number of nitrogens with zero attached hydrogens (tertiary/aromatic N) is 4. The van der Waals surface area contributed by atoms with Crippen molar-refractivity contribution < 1.29 is 37.0 Å². The first-order valence-electron chi connectivity index (χ1n) is 18.6. The van der Waals surface area contributed by atoms with Crippen molar-refractivity contribution in [2.24, 2.45) is 17.6 Å². The number of rotatable bonds is 7. The first kappa shape index (κ1) is 48.0. The summed E-state index contributed by atoms with van der Waals surface area (Å²) in [5.74, 6) is 7.14. The predicted molar refractivity (Wildman–Crippen MR) is 220 cm³/mol. The van der Waals surface area contributed by atoms with E-state index in [1.807, 2.05) is 25.9 Å². The van der Waals surface area contributed by atoms with Crippen molar-refractivity contribution in [2.75, 3.05) is 14.1 Å². The van der Waals surface area contributed by atoms with E-state index in [2.05, 4.69) is 28.8 Å². The smallest absolute Gasteiger partial charge is 0.300 e. The number of fused-ring (bicyclic) bond motifs is 6. The Morgan fingerprint density at radius 1 is 0.842 bits per heavy atom. The number of nitrogens with two attached hydrogens (primary N) is 2. The van der Waals surface area contributed by atoms with Gasteiger partial charge in [-0.05, 0) is 99.9 Å². The number of sulfonamides is 2. The summed E-state index contributed by atoms with van der Waals surface area (Å²) >= 11 is 11.8. The maximum atomic E-state index is 13.4. The quantitative estimate of drug-likeness (QED) is 0.136. The summed E-state index contributed by atoms with van der Waals surface area (Å²) in [7, 11) is -3.57. The van der Waals surface area contributed by atoms with Gasteiger partial charge in [0.15, 0.2) is 5.78 Å². The van der Waals surface area contributed by atoms with Crippen LogP contribution in [0.25, 0.3) is 0 Å². The van der Waals surface area contributed by atoms with E-state index >= 15 is 0 Å². The third-order valence-electron chi connectivity index (χ3n) is 10.6. The molecule has 316 valence electrons. The third kappa shape index (κ3) is 10.3. The van der Waals surface area contributed by atoms with Gasteiger partial charge in [-0.3, -0.25) is 26.4 Å². The Morgan fingerprint density at radius 2 is 1.26 bits per heavy atom. The first-order valence-corrected chi connectivity index (χ1v) is 22.2. The molecule has 2 aromatic carbocycles. The molecule has 4 bridgehead atoms. The molecule has 7 rings (SSSR count). The van der Waals surface area contributed by atoms with E-state index in [1.165, 1.54) is 0 Å². The fourth-order valence-electron chi connectivity index (χ4n) is 8.48. The van der Waals surface area contributed by atoms with Crippen LogP contribution in [0, 0.1) is 5.92 Å². The van der Waals surface area contributed by atoms with Gasteiger partial charge in [0.05, 0.1) is 28.1 Å². The van der Waals surface area contributed by atoms with Crippen molar-refractivity contribution in [3.63, 3.8) is 0 Å². The normalized spacial score (nSPS) is 24.9. The molecule has 6 atom stereocenters. The van der Waals surface area contributed by atoms with Crippen LogP contribution in [0.5, 0.6) is 0 Å². The number of halogens is 2. The van der Waals surface area contributed by atoms with Gasteiger partial charge >= 0.3 is 0 Å². The van der Waals surface area contributed by atoms with Crippen LogP contribution in [0.2, 0.25) is 10.0 Å². The summed E-state index contributed by atoms with van der Waals surface area (Å²) in [6, 6.07) is 11.9. The van der Waals surface area contributed by atoms with Gasteiger partial charge in [-0.2, -0.15) is 13.7 Å². The summed E-state index contributed by atoms with van der Waals surface area (Å²) in [6.45, 7) is 5.15. The molecular formula is C38H55Cl2N7O8S2. The molecule has 4 aliphatic heterocycles. The number of H-pyrrole nitrogens is 1. The highest BCUT2D eigenvalue weighted by Gasteiger charge is 2.52. The second-order valence-corrected chi connectivity index (χ2v) is 18.9. The Kier molecular flexibility index (Phi) is 17.3. The van der Waals surface area contributed by atoms with Gasteiger partial charge in [0.25, 0.3) is 5.97 Å². The summed E-state index contributed by atoms with van der Waals surface area (Å²) in [4.78, 5) is 24.4. The molecule has 19 heteroatoms. The molecule has 15 nitrogen and oxygen atoms in total. The lowest BCUT2D eigenvalue weighted by atomic mass is 9.75. The lowest BCUT2D eigenvalue weighted by molar-refractivity contribution is -0.134. The van der Waals surface area contributed by atoms with Gasteiger partial charge < -0.3 is 15.5 Å². The Morgan fingerprint density at radius 3 is 1.70 bits per heavy atom. The molecule has 0 aliphatic carbocycles. The van der Waals surface area contributed by atoms with Gasteiger partial charge in [0.2, 0.25) is 20.0 Å². The Balaban J connectivity index is 0.000000265. The number of piperidine rings is 3. The van der Waals surface area contributed by atoms with Gasteiger partial charge in [-0.1, -0.05) is 37.0 Å². The average Bonchev–Trinajstić information content (AvgIpc) is 3.64. The fraction of sp³-hybridized carbons (Fsp3) is 0.500. The molecule has 4 aliphatic rings. The highest BCUT2D eigenvalue weighted by atomic mass is 35.5. The number of carbonyl (C=O) groups is 2. The largest absolute Gasteiger partial charge is 0.481 e. The maximum Gasteiger partial charge on any atom is 0.300 e. The van der Waals surface area contributed by atoms with Crippen molar-refractivity contribution in [1.29, 1.82) is 0 Å². The van der Waals surface area contributed by atoms with E-state index in [0.29, 0.717) is 33.4 Å². The number of Topliss-reactive ketones (excluding diaryl/α,β-unsaturated/α-hetero) is 1. The number of aliphatic carboxylic acids is 1. The summed E-state index contributed by atoms with van der Waals surface area (Å²) in [5.41, 5.74) is 2.76. The van der Waals surface area contributed by atoms with Crippen LogP contribution in [-0.2, 0) is 29.6 Å². The van der Waals surface area contributed by atoms with Crippen LogP contribution in [0.4, 0.5) is 0 Å². The van der Waals surface area contributed by atoms with Crippen molar-refractivity contribution in [3.8, 4) is 0 Å². The minimum atomic E-state index is -3.71. The van der Waals surface area contributed by atoms with Gasteiger partial charge in [0.1, 0.15) is 0 Å². The van der Waals surface area contributed by atoms with E-state index in [-0.39, 0.29) is 46.1 Å². The topological polar surface area (TPSA) is 245 Å². The zero-order chi connectivity index (χ0) is 41.5. The van der Waals surface area contributed by atoms with Crippen LogP contribution in [0.1, 0.15) is 95.4 Å². The number of carboxylic acids is 1. The minimum absolute atomic E-state index is 0.